The van der Waals surface area contributed by atoms with E-state index >= 15 is 0 Å². The summed E-state index contributed by atoms with van der Waals surface area (Å²) in [6.07, 6.45) is 1.70. The molecule has 0 aromatic heterocycles. The molecule has 2 aliphatic rings. The van der Waals surface area contributed by atoms with Gasteiger partial charge in [0.2, 0.25) is 0 Å². The molecule has 0 bridgehead atoms. The molecule has 1 fully saturated rings. The molecule has 0 aliphatic carbocycles. The number of allylic oxidation sites excluding steroid dienone is 1. The van der Waals surface area contributed by atoms with E-state index in [-0.39, 0.29) is 0 Å². The highest BCUT2D eigenvalue weighted by molar-refractivity contribution is 6.20. The molecule has 8 nitrogen and oxygen atoms in total. The second kappa shape index (κ2) is 15.4. The summed E-state index contributed by atoms with van der Waals surface area (Å²) in [5, 5.41) is 6.72. The van der Waals surface area contributed by atoms with E-state index < -0.39 is 0 Å². The number of hydrogen-bond acceptors (Lipinski definition) is 8. The Labute approximate surface area is 250 Å². The van der Waals surface area contributed by atoms with E-state index in [9.17, 15) is 9.59 Å². The number of ether oxygens (including phenoxy) is 1. The van der Waals surface area contributed by atoms with Crippen molar-refractivity contribution in [2.24, 2.45) is 0 Å². The molecule has 0 radical (unpaired) electrons. The van der Waals surface area contributed by atoms with E-state index in [1.165, 1.54) is 11.1 Å². The van der Waals surface area contributed by atoms with Gasteiger partial charge in [0, 0.05) is 102 Å². The smallest absolute Gasteiger partial charge is 0.152 e. The van der Waals surface area contributed by atoms with Crippen LogP contribution in [-0.4, -0.2) is 94.9 Å². The topological polar surface area (TPSA) is 77.2 Å². The summed E-state index contributed by atoms with van der Waals surface area (Å²) < 4.78 is 4.25. The summed E-state index contributed by atoms with van der Waals surface area (Å²) >= 11 is 0. The lowest BCUT2D eigenvalue weighted by molar-refractivity contribution is -0.103. The van der Waals surface area contributed by atoms with Gasteiger partial charge in [-0.1, -0.05) is 48.5 Å². The number of benzene rings is 3. The van der Waals surface area contributed by atoms with Crippen LogP contribution in [0.3, 0.4) is 0 Å². The predicted octanol–water partition coefficient (Wildman–Crippen LogP) is 4.55. The Kier molecular flexibility index (Phi) is 11.4. The summed E-state index contributed by atoms with van der Waals surface area (Å²) in [4.78, 5) is 31.4. The molecular weight excluding hydrogens is 526 g/mol. The van der Waals surface area contributed by atoms with E-state index in [1.807, 2.05) is 36.4 Å². The maximum absolute atomic E-state index is 12.6. The number of fused-ring (bicyclic) bond motifs is 1. The van der Waals surface area contributed by atoms with E-state index in [4.69, 9.17) is 0 Å². The van der Waals surface area contributed by atoms with Crippen LogP contribution in [0.15, 0.2) is 66.7 Å². The molecule has 42 heavy (non-hydrogen) atoms. The monoisotopic (exact) mass is 569 g/mol. The van der Waals surface area contributed by atoms with Gasteiger partial charge in [-0.3, -0.25) is 19.4 Å². The van der Waals surface area contributed by atoms with Crippen molar-refractivity contribution in [1.29, 1.82) is 0 Å². The van der Waals surface area contributed by atoms with Gasteiger partial charge in [0.25, 0.3) is 0 Å². The molecule has 0 saturated carbocycles. The zero-order valence-corrected chi connectivity index (χ0v) is 25.2. The van der Waals surface area contributed by atoms with Crippen molar-refractivity contribution in [3.8, 4) is 0 Å². The van der Waals surface area contributed by atoms with Crippen molar-refractivity contribution < 1.29 is 14.3 Å². The third kappa shape index (κ3) is 7.92. The first-order valence-electron chi connectivity index (χ1n) is 14.4. The number of nitrogens with one attached hydrogen (secondary N) is 2. The molecule has 0 unspecified atom stereocenters. The minimum Gasteiger partial charge on any atom is -0.388 e. The van der Waals surface area contributed by atoms with Crippen LogP contribution in [0.1, 0.15) is 32.6 Å². The Morgan fingerprint density at radius 2 is 1.55 bits per heavy atom. The van der Waals surface area contributed by atoms with Crippen LogP contribution in [0.5, 0.6) is 0 Å². The Morgan fingerprint density at radius 1 is 0.857 bits per heavy atom. The fraction of sp³-hybridized carbons (Fsp3) is 0.353. The normalized spacial score (nSPS) is 16.1. The van der Waals surface area contributed by atoms with Gasteiger partial charge in [-0.15, -0.1) is 0 Å². The molecule has 3 aromatic rings. The van der Waals surface area contributed by atoms with Crippen LogP contribution in [0.25, 0.3) is 11.3 Å². The minimum absolute atomic E-state index is 0.525. The van der Waals surface area contributed by atoms with Crippen molar-refractivity contribution >= 4 is 35.2 Å². The van der Waals surface area contributed by atoms with Crippen molar-refractivity contribution in [3.05, 3.63) is 94.5 Å². The van der Waals surface area contributed by atoms with Gasteiger partial charge in [-0.2, -0.15) is 0 Å². The lowest BCUT2D eigenvalue weighted by Gasteiger charge is -2.33. The second-order valence-corrected chi connectivity index (χ2v) is 10.8. The fourth-order valence-corrected chi connectivity index (χ4v) is 5.43. The highest BCUT2D eigenvalue weighted by Gasteiger charge is 2.22. The van der Waals surface area contributed by atoms with Crippen LogP contribution in [-0.2, 0) is 22.6 Å². The maximum Gasteiger partial charge on any atom is 0.152 e. The molecule has 0 spiro atoms. The highest BCUT2D eigenvalue weighted by atomic mass is 16.4. The van der Waals surface area contributed by atoms with Crippen LogP contribution >= 0.6 is 0 Å². The quantitative estimate of drug-likeness (QED) is 0.209. The van der Waals surface area contributed by atoms with Crippen LogP contribution < -0.4 is 10.6 Å². The fourth-order valence-electron chi connectivity index (χ4n) is 5.43. The highest BCUT2D eigenvalue weighted by Crippen LogP contribution is 2.33. The lowest BCUT2D eigenvalue weighted by atomic mass is 9.97. The molecule has 3 aromatic carbocycles. The molecular formula is C34H43N5O3. The number of likely N-dealkylation sites (N-methyl/N-ethyl adjacent to an activating group) is 1. The van der Waals surface area contributed by atoms with Crippen LogP contribution in [0.2, 0.25) is 0 Å². The molecule has 0 atom stereocenters. The average Bonchev–Trinajstić information content (AvgIpc) is 3.44. The number of piperazine rings is 1. The number of carbonyl (C=O) groups is 2. The zero-order valence-electron chi connectivity index (χ0n) is 25.2. The van der Waals surface area contributed by atoms with Gasteiger partial charge in [0.1, 0.15) is 6.29 Å². The van der Waals surface area contributed by atoms with Crippen LogP contribution in [0, 0.1) is 0 Å². The SMILES string of the molecule is CNc1cc(C=O)ccc1/C(C=O)=C(/Nc1ccc2c(c1)CN(CCN1CCN(C)CC1)C2)c1ccccc1.COC. The predicted molar refractivity (Wildman–Crippen MR) is 172 cm³/mol. The van der Waals surface area contributed by atoms with Crippen molar-refractivity contribution in [2.75, 3.05) is 78.2 Å². The van der Waals surface area contributed by atoms with E-state index in [2.05, 4.69) is 55.3 Å². The second-order valence-electron chi connectivity index (χ2n) is 10.8. The third-order valence-corrected chi connectivity index (χ3v) is 7.78. The Morgan fingerprint density at radius 3 is 2.21 bits per heavy atom. The summed E-state index contributed by atoms with van der Waals surface area (Å²) in [5.74, 6) is 0. The first-order chi connectivity index (χ1) is 20.5. The Hall–Kier alpha value is -3.82. The van der Waals surface area contributed by atoms with Crippen molar-refractivity contribution in [3.63, 3.8) is 0 Å². The molecule has 1 saturated heterocycles. The number of nitrogens with zero attached hydrogens (tertiary/aromatic N) is 3. The van der Waals surface area contributed by atoms with Gasteiger partial charge in [-0.05, 0) is 41.9 Å². The lowest BCUT2D eigenvalue weighted by Crippen LogP contribution is -2.46. The van der Waals surface area contributed by atoms with E-state index in [0.717, 1.165) is 93.1 Å². The van der Waals surface area contributed by atoms with Gasteiger partial charge in [0.15, 0.2) is 6.29 Å². The third-order valence-electron chi connectivity index (χ3n) is 7.78. The Bertz CT molecular complexity index is 1370. The molecule has 2 heterocycles. The first kappa shape index (κ1) is 31.1. The maximum atomic E-state index is 12.6. The molecule has 222 valence electrons. The number of hydrogen-bond donors (Lipinski definition) is 2. The summed E-state index contributed by atoms with van der Waals surface area (Å²) in [7, 11) is 7.24. The Balaban J connectivity index is 0.00000129. The summed E-state index contributed by atoms with van der Waals surface area (Å²) in [6.45, 7) is 8.65. The molecule has 2 N–H and O–H groups in total. The first-order valence-corrected chi connectivity index (χ1v) is 14.4. The molecule has 0 amide bonds. The molecule has 8 heteroatoms. The van der Waals surface area contributed by atoms with Crippen molar-refractivity contribution in [2.45, 2.75) is 13.1 Å². The average molecular weight is 570 g/mol. The van der Waals surface area contributed by atoms with Gasteiger partial charge < -0.3 is 20.3 Å². The summed E-state index contributed by atoms with van der Waals surface area (Å²) in [6, 6.07) is 21.7. The van der Waals surface area contributed by atoms with E-state index in [0.29, 0.717) is 11.1 Å². The number of anilines is 2. The van der Waals surface area contributed by atoms with E-state index in [1.54, 1.807) is 33.4 Å². The molecule has 2 aliphatic heterocycles. The number of rotatable bonds is 10. The van der Waals surface area contributed by atoms with Gasteiger partial charge in [-0.25, -0.2) is 0 Å². The number of aldehydes is 2. The summed E-state index contributed by atoms with van der Waals surface area (Å²) in [5.41, 5.74) is 7.81. The minimum atomic E-state index is 0.525. The van der Waals surface area contributed by atoms with Crippen molar-refractivity contribution in [1.82, 2.24) is 14.7 Å². The molecule has 5 rings (SSSR count). The van der Waals surface area contributed by atoms with Crippen LogP contribution in [0.4, 0.5) is 11.4 Å². The largest absolute Gasteiger partial charge is 0.388 e. The standard InChI is InChI=1S/C32H37N5O2.C2H6O/c1-33-31-18-24(22-38)8-11-29(31)30(23-39)32(25-6-4-3-5-7-25)34-28-10-9-26-20-37(21-27(26)19-28)17-16-36-14-12-35(2)13-15-36;1-3-2/h3-11,18-19,22-23,33-34H,12-17,20-21H2,1-2H3;1-2H3/b32-30+;. The zero-order chi connectivity index (χ0) is 29.9. The van der Waals surface area contributed by atoms with Gasteiger partial charge >= 0.3 is 0 Å². The van der Waals surface area contributed by atoms with Gasteiger partial charge in [0.05, 0.1) is 5.70 Å². The number of methoxy groups -OCH3 is 1. The number of carbonyl (C=O) groups excluding carboxylic acids is 2.